The van der Waals surface area contributed by atoms with Gasteiger partial charge in [0, 0.05) is 19.6 Å². The molecule has 84 valence electrons. The van der Waals surface area contributed by atoms with E-state index in [1.165, 1.54) is 5.57 Å². The van der Waals surface area contributed by atoms with Crippen molar-refractivity contribution in [2.75, 3.05) is 13.7 Å². The van der Waals surface area contributed by atoms with Crippen LogP contribution in [0.2, 0.25) is 0 Å². The Hall–Kier alpha value is -0.890. The molecule has 1 aliphatic carbocycles. The second-order valence-electron chi connectivity index (χ2n) is 4.22. The number of ketones is 1. The number of hydrogen-bond donors (Lipinski definition) is 0. The zero-order valence-corrected chi connectivity index (χ0v) is 9.82. The summed E-state index contributed by atoms with van der Waals surface area (Å²) < 4.78 is 5.06. The fraction of sp³-hybridized carbons (Fsp3) is 0.615. The maximum atomic E-state index is 11.9. The van der Waals surface area contributed by atoms with Crippen LogP contribution in [0.3, 0.4) is 0 Å². The Morgan fingerprint density at radius 1 is 1.60 bits per heavy atom. The summed E-state index contributed by atoms with van der Waals surface area (Å²) in [6.07, 6.45) is 8.07. The number of rotatable bonds is 5. The van der Waals surface area contributed by atoms with Crippen molar-refractivity contribution in [2.45, 2.75) is 26.7 Å². The average Bonchev–Trinajstić information content (AvgIpc) is 2.25. The van der Waals surface area contributed by atoms with E-state index >= 15 is 0 Å². The van der Waals surface area contributed by atoms with E-state index in [-0.39, 0.29) is 11.8 Å². The lowest BCUT2D eigenvalue weighted by atomic mass is 9.84. The van der Waals surface area contributed by atoms with Gasteiger partial charge in [0.2, 0.25) is 0 Å². The van der Waals surface area contributed by atoms with Gasteiger partial charge in [-0.25, -0.2) is 0 Å². The van der Waals surface area contributed by atoms with Crippen LogP contribution in [0.5, 0.6) is 0 Å². The van der Waals surface area contributed by atoms with Crippen molar-refractivity contribution < 1.29 is 9.53 Å². The molecule has 1 rings (SSSR count). The molecule has 0 saturated carbocycles. The first-order valence-electron chi connectivity index (χ1n) is 5.55. The summed E-state index contributed by atoms with van der Waals surface area (Å²) in [5.74, 6) is 0.408. The molecule has 0 aromatic heterocycles. The van der Waals surface area contributed by atoms with Crippen LogP contribution in [-0.4, -0.2) is 19.5 Å². The zero-order valence-electron chi connectivity index (χ0n) is 9.82. The quantitative estimate of drug-likeness (QED) is 0.649. The third-order valence-electron chi connectivity index (χ3n) is 2.71. The molecule has 0 radical (unpaired) electrons. The van der Waals surface area contributed by atoms with Gasteiger partial charge in [0.1, 0.15) is 5.78 Å². The van der Waals surface area contributed by atoms with Crippen molar-refractivity contribution in [2.24, 2.45) is 11.8 Å². The smallest absolute Gasteiger partial charge is 0.146 e. The minimum Gasteiger partial charge on any atom is -0.384 e. The third-order valence-corrected chi connectivity index (χ3v) is 2.71. The van der Waals surface area contributed by atoms with Gasteiger partial charge in [0.15, 0.2) is 0 Å². The summed E-state index contributed by atoms with van der Waals surface area (Å²) in [7, 11) is 1.69. The summed E-state index contributed by atoms with van der Waals surface area (Å²) in [5, 5.41) is 0. The molecule has 1 atom stereocenters. The maximum Gasteiger partial charge on any atom is 0.146 e. The second kappa shape index (κ2) is 5.86. The van der Waals surface area contributed by atoms with E-state index < -0.39 is 0 Å². The van der Waals surface area contributed by atoms with Gasteiger partial charge in [-0.05, 0) is 12.8 Å². The minimum absolute atomic E-state index is 0.00565. The maximum absolute atomic E-state index is 11.9. The van der Waals surface area contributed by atoms with Gasteiger partial charge in [-0.1, -0.05) is 37.6 Å². The standard InChI is InChI=1S/C13H20O2/c1-10(2)13(14)12-7-5-4-6-11(12)8-9-15-3/h5-7,10,12H,4,8-9H2,1-3H3. The van der Waals surface area contributed by atoms with E-state index in [1.807, 2.05) is 19.9 Å². The van der Waals surface area contributed by atoms with E-state index in [1.54, 1.807) is 7.11 Å². The Bertz CT molecular complexity index is 274. The molecular formula is C13H20O2. The van der Waals surface area contributed by atoms with Crippen LogP contribution in [-0.2, 0) is 9.53 Å². The Labute approximate surface area is 92.0 Å². The van der Waals surface area contributed by atoms with Crippen LogP contribution in [0.1, 0.15) is 26.7 Å². The SMILES string of the molecule is COCCC1=CCC=CC1C(=O)C(C)C. The molecule has 0 saturated heterocycles. The topological polar surface area (TPSA) is 26.3 Å². The van der Waals surface area contributed by atoms with Gasteiger partial charge in [-0.15, -0.1) is 0 Å². The van der Waals surface area contributed by atoms with Gasteiger partial charge < -0.3 is 4.74 Å². The highest BCUT2D eigenvalue weighted by molar-refractivity contribution is 5.87. The summed E-state index contributed by atoms with van der Waals surface area (Å²) >= 11 is 0. The van der Waals surface area contributed by atoms with Gasteiger partial charge in [0.05, 0.1) is 5.92 Å². The summed E-state index contributed by atoms with van der Waals surface area (Å²) in [4.78, 5) is 11.9. The average molecular weight is 208 g/mol. The van der Waals surface area contributed by atoms with E-state index in [2.05, 4.69) is 12.2 Å². The molecule has 0 N–H and O–H groups in total. The monoisotopic (exact) mass is 208 g/mol. The van der Waals surface area contributed by atoms with Crippen molar-refractivity contribution in [1.82, 2.24) is 0 Å². The highest BCUT2D eigenvalue weighted by Gasteiger charge is 2.23. The Morgan fingerprint density at radius 3 is 2.93 bits per heavy atom. The first kappa shape index (κ1) is 12.2. The molecule has 1 unspecified atom stereocenters. The van der Waals surface area contributed by atoms with Gasteiger partial charge >= 0.3 is 0 Å². The molecule has 0 amide bonds. The lowest BCUT2D eigenvalue weighted by Gasteiger charge is -2.20. The van der Waals surface area contributed by atoms with Gasteiger partial charge in [-0.2, -0.15) is 0 Å². The number of methoxy groups -OCH3 is 1. The van der Waals surface area contributed by atoms with Crippen molar-refractivity contribution in [3.63, 3.8) is 0 Å². The Morgan fingerprint density at radius 2 is 2.33 bits per heavy atom. The summed E-state index contributed by atoms with van der Waals surface area (Å²) in [6.45, 7) is 4.61. The van der Waals surface area contributed by atoms with Crippen LogP contribution in [0.25, 0.3) is 0 Å². The van der Waals surface area contributed by atoms with Crippen molar-refractivity contribution in [3.05, 3.63) is 23.8 Å². The van der Waals surface area contributed by atoms with E-state index in [0.29, 0.717) is 12.4 Å². The number of hydrogen-bond acceptors (Lipinski definition) is 2. The summed E-state index contributed by atoms with van der Waals surface area (Å²) in [6, 6.07) is 0. The minimum atomic E-state index is -0.00565. The molecule has 0 aromatic rings. The number of carbonyl (C=O) groups excluding carboxylic acids is 1. The number of ether oxygens (including phenoxy) is 1. The van der Waals surface area contributed by atoms with E-state index in [9.17, 15) is 4.79 Å². The largest absolute Gasteiger partial charge is 0.384 e. The predicted molar refractivity (Wildman–Crippen MR) is 61.7 cm³/mol. The molecule has 2 nitrogen and oxygen atoms in total. The highest BCUT2D eigenvalue weighted by Crippen LogP contribution is 2.25. The lowest BCUT2D eigenvalue weighted by molar-refractivity contribution is -0.123. The van der Waals surface area contributed by atoms with Crippen LogP contribution in [0, 0.1) is 11.8 Å². The number of Topliss-reactive ketones (excluding diaryl/α,β-unsaturated/α-hetero) is 1. The van der Waals surface area contributed by atoms with Crippen LogP contribution in [0.4, 0.5) is 0 Å². The molecule has 0 bridgehead atoms. The lowest BCUT2D eigenvalue weighted by Crippen LogP contribution is -2.22. The predicted octanol–water partition coefficient (Wildman–Crippen LogP) is 2.75. The van der Waals surface area contributed by atoms with Crippen LogP contribution >= 0.6 is 0 Å². The Balaban J connectivity index is 2.67. The fourth-order valence-corrected chi connectivity index (χ4v) is 1.80. The number of carbonyl (C=O) groups is 1. The second-order valence-corrected chi connectivity index (χ2v) is 4.22. The first-order valence-corrected chi connectivity index (χ1v) is 5.55. The third kappa shape index (κ3) is 3.31. The molecule has 0 aromatic carbocycles. The van der Waals surface area contributed by atoms with E-state index in [0.717, 1.165) is 12.8 Å². The molecule has 0 aliphatic heterocycles. The molecule has 0 spiro atoms. The zero-order chi connectivity index (χ0) is 11.3. The summed E-state index contributed by atoms with van der Waals surface area (Å²) in [5.41, 5.74) is 1.22. The van der Waals surface area contributed by atoms with E-state index in [4.69, 9.17) is 4.74 Å². The normalized spacial score (nSPS) is 20.5. The fourth-order valence-electron chi connectivity index (χ4n) is 1.80. The van der Waals surface area contributed by atoms with Crippen LogP contribution < -0.4 is 0 Å². The van der Waals surface area contributed by atoms with Crippen LogP contribution in [0.15, 0.2) is 23.8 Å². The van der Waals surface area contributed by atoms with Gasteiger partial charge in [0.25, 0.3) is 0 Å². The van der Waals surface area contributed by atoms with Crippen molar-refractivity contribution in [1.29, 1.82) is 0 Å². The Kier molecular flexibility index (Phi) is 4.76. The molecular weight excluding hydrogens is 188 g/mol. The molecule has 15 heavy (non-hydrogen) atoms. The molecule has 0 fully saturated rings. The molecule has 2 heteroatoms. The highest BCUT2D eigenvalue weighted by atomic mass is 16.5. The molecule has 1 aliphatic rings. The first-order chi connectivity index (χ1) is 7.16. The molecule has 0 heterocycles. The van der Waals surface area contributed by atoms with Crippen molar-refractivity contribution >= 4 is 5.78 Å². The number of allylic oxidation sites excluding steroid dienone is 3. The van der Waals surface area contributed by atoms with Gasteiger partial charge in [-0.3, -0.25) is 4.79 Å². The van der Waals surface area contributed by atoms with Crippen molar-refractivity contribution in [3.8, 4) is 0 Å².